The number of amides is 1. The molecule has 0 bridgehead atoms. The largest absolute Gasteiger partial charge is 0.382 e. The Labute approximate surface area is 160 Å². The molecule has 0 aliphatic carbocycles. The SMILES string of the molecule is COCCOCCn1cc(C(=O)NCc2nnc(-c3ccccc3)s2)nn1. The van der Waals surface area contributed by atoms with Crippen LogP contribution in [-0.4, -0.2) is 58.0 Å². The van der Waals surface area contributed by atoms with Gasteiger partial charge in [-0.15, -0.1) is 15.3 Å². The molecule has 0 aliphatic heterocycles. The quantitative estimate of drug-likeness (QED) is 0.523. The molecule has 27 heavy (non-hydrogen) atoms. The molecule has 0 saturated carbocycles. The Balaban J connectivity index is 1.46. The fourth-order valence-corrected chi connectivity index (χ4v) is 2.97. The van der Waals surface area contributed by atoms with Crippen LogP contribution in [0.5, 0.6) is 0 Å². The van der Waals surface area contributed by atoms with Crippen LogP contribution in [0.1, 0.15) is 15.5 Å². The highest BCUT2D eigenvalue weighted by atomic mass is 32.1. The van der Waals surface area contributed by atoms with Gasteiger partial charge >= 0.3 is 0 Å². The van der Waals surface area contributed by atoms with Crippen LogP contribution < -0.4 is 5.32 Å². The summed E-state index contributed by atoms with van der Waals surface area (Å²) in [5.41, 5.74) is 1.25. The Morgan fingerprint density at radius 2 is 2.00 bits per heavy atom. The minimum absolute atomic E-state index is 0.250. The number of methoxy groups -OCH3 is 1. The summed E-state index contributed by atoms with van der Waals surface area (Å²) in [6.45, 7) is 2.34. The predicted molar refractivity (Wildman–Crippen MR) is 99.2 cm³/mol. The van der Waals surface area contributed by atoms with E-state index in [2.05, 4.69) is 25.8 Å². The highest BCUT2D eigenvalue weighted by Crippen LogP contribution is 2.22. The molecule has 0 spiro atoms. The molecule has 0 atom stereocenters. The number of aromatic nitrogens is 5. The summed E-state index contributed by atoms with van der Waals surface area (Å²) in [5, 5.41) is 20.4. The average molecular weight is 388 g/mol. The van der Waals surface area contributed by atoms with Gasteiger partial charge in [0.2, 0.25) is 0 Å². The smallest absolute Gasteiger partial charge is 0.273 e. The van der Waals surface area contributed by atoms with Gasteiger partial charge < -0.3 is 14.8 Å². The lowest BCUT2D eigenvalue weighted by Crippen LogP contribution is -2.23. The van der Waals surface area contributed by atoms with E-state index in [0.29, 0.717) is 26.4 Å². The first-order valence-electron chi connectivity index (χ1n) is 8.39. The van der Waals surface area contributed by atoms with Crippen molar-refractivity contribution in [2.75, 3.05) is 26.9 Å². The molecule has 0 radical (unpaired) electrons. The maximum Gasteiger partial charge on any atom is 0.273 e. The molecule has 1 aromatic carbocycles. The van der Waals surface area contributed by atoms with Crippen LogP contribution in [0.15, 0.2) is 36.5 Å². The molecule has 2 heterocycles. The van der Waals surface area contributed by atoms with Crippen molar-refractivity contribution in [3.8, 4) is 10.6 Å². The second-order valence-electron chi connectivity index (χ2n) is 5.52. The van der Waals surface area contributed by atoms with Gasteiger partial charge in [0.05, 0.1) is 39.1 Å². The van der Waals surface area contributed by atoms with Crippen LogP contribution in [0.4, 0.5) is 0 Å². The highest BCUT2D eigenvalue weighted by Gasteiger charge is 2.12. The normalized spacial score (nSPS) is 10.9. The van der Waals surface area contributed by atoms with Crippen molar-refractivity contribution < 1.29 is 14.3 Å². The van der Waals surface area contributed by atoms with Gasteiger partial charge in [-0.2, -0.15) is 0 Å². The Morgan fingerprint density at radius 3 is 2.81 bits per heavy atom. The maximum absolute atomic E-state index is 12.2. The zero-order valence-corrected chi connectivity index (χ0v) is 15.7. The number of carbonyl (C=O) groups excluding carboxylic acids is 1. The minimum atomic E-state index is -0.307. The number of rotatable bonds is 10. The van der Waals surface area contributed by atoms with E-state index >= 15 is 0 Å². The molecular weight excluding hydrogens is 368 g/mol. The molecular formula is C17H20N6O3S. The number of hydrogen-bond acceptors (Lipinski definition) is 8. The van der Waals surface area contributed by atoms with Gasteiger partial charge in [0.1, 0.15) is 10.0 Å². The lowest BCUT2D eigenvalue weighted by molar-refractivity contribution is 0.0652. The molecule has 142 valence electrons. The highest BCUT2D eigenvalue weighted by molar-refractivity contribution is 7.14. The molecule has 2 aromatic heterocycles. The Hall–Kier alpha value is -2.69. The van der Waals surface area contributed by atoms with Crippen molar-refractivity contribution in [2.24, 2.45) is 0 Å². The van der Waals surface area contributed by atoms with Gasteiger partial charge in [-0.05, 0) is 0 Å². The van der Waals surface area contributed by atoms with Crippen molar-refractivity contribution in [3.05, 3.63) is 47.2 Å². The molecule has 0 fully saturated rings. The van der Waals surface area contributed by atoms with E-state index in [1.54, 1.807) is 18.0 Å². The van der Waals surface area contributed by atoms with Crippen LogP contribution in [-0.2, 0) is 22.6 Å². The van der Waals surface area contributed by atoms with Gasteiger partial charge in [0.25, 0.3) is 5.91 Å². The maximum atomic E-state index is 12.2. The number of hydrogen-bond donors (Lipinski definition) is 1. The van der Waals surface area contributed by atoms with Crippen LogP contribution in [0.3, 0.4) is 0 Å². The summed E-state index contributed by atoms with van der Waals surface area (Å²) in [6.07, 6.45) is 1.59. The summed E-state index contributed by atoms with van der Waals surface area (Å²) in [6, 6.07) is 9.79. The fourth-order valence-electron chi connectivity index (χ4n) is 2.18. The summed E-state index contributed by atoms with van der Waals surface area (Å²) < 4.78 is 11.8. The van der Waals surface area contributed by atoms with Crippen molar-refractivity contribution in [2.45, 2.75) is 13.1 Å². The number of ether oxygens (including phenoxy) is 2. The molecule has 3 rings (SSSR count). The minimum Gasteiger partial charge on any atom is -0.382 e. The summed E-state index contributed by atoms with van der Waals surface area (Å²) >= 11 is 1.44. The third-order valence-electron chi connectivity index (χ3n) is 3.56. The van der Waals surface area contributed by atoms with E-state index in [-0.39, 0.29) is 18.1 Å². The van der Waals surface area contributed by atoms with E-state index < -0.39 is 0 Å². The second-order valence-corrected chi connectivity index (χ2v) is 6.58. The van der Waals surface area contributed by atoms with Crippen molar-refractivity contribution in [1.82, 2.24) is 30.5 Å². The number of nitrogens with zero attached hydrogens (tertiary/aromatic N) is 5. The molecule has 10 heteroatoms. The van der Waals surface area contributed by atoms with Crippen LogP contribution >= 0.6 is 11.3 Å². The van der Waals surface area contributed by atoms with Gasteiger partial charge in [-0.3, -0.25) is 4.79 Å². The molecule has 0 aliphatic rings. The Morgan fingerprint density at radius 1 is 1.15 bits per heavy atom. The first-order valence-corrected chi connectivity index (χ1v) is 9.20. The lowest BCUT2D eigenvalue weighted by atomic mass is 10.2. The van der Waals surface area contributed by atoms with Gasteiger partial charge in [-0.1, -0.05) is 46.9 Å². The van der Waals surface area contributed by atoms with Crippen LogP contribution in [0.2, 0.25) is 0 Å². The van der Waals surface area contributed by atoms with Crippen LogP contribution in [0, 0.1) is 0 Å². The summed E-state index contributed by atoms with van der Waals surface area (Å²) in [4.78, 5) is 12.2. The lowest BCUT2D eigenvalue weighted by Gasteiger charge is -2.02. The van der Waals surface area contributed by atoms with Gasteiger partial charge in [0.15, 0.2) is 5.69 Å². The third-order valence-corrected chi connectivity index (χ3v) is 4.53. The van der Waals surface area contributed by atoms with E-state index in [9.17, 15) is 4.79 Å². The monoisotopic (exact) mass is 388 g/mol. The van der Waals surface area contributed by atoms with E-state index in [0.717, 1.165) is 15.6 Å². The zero-order chi connectivity index (χ0) is 18.9. The molecule has 1 N–H and O–H groups in total. The molecule has 0 unspecified atom stereocenters. The van der Waals surface area contributed by atoms with E-state index in [1.807, 2.05) is 30.3 Å². The standard InChI is InChI=1S/C17H20N6O3S/c1-25-9-10-26-8-7-23-12-14(19-22-23)16(24)18-11-15-20-21-17(27-15)13-5-3-2-4-6-13/h2-6,12H,7-11H2,1H3,(H,18,24). The Kier molecular flexibility index (Phi) is 6.97. The number of benzene rings is 1. The van der Waals surface area contributed by atoms with Crippen molar-refractivity contribution in [1.29, 1.82) is 0 Å². The number of carbonyl (C=O) groups is 1. The third kappa shape index (κ3) is 5.64. The second kappa shape index (κ2) is 9.86. The van der Waals surface area contributed by atoms with E-state index in [4.69, 9.17) is 9.47 Å². The van der Waals surface area contributed by atoms with Crippen molar-refractivity contribution >= 4 is 17.2 Å². The average Bonchev–Trinajstić information content (AvgIpc) is 3.36. The van der Waals surface area contributed by atoms with Gasteiger partial charge in [0, 0.05) is 12.7 Å². The fraction of sp³-hybridized carbons (Fsp3) is 0.353. The molecule has 1 amide bonds. The number of nitrogens with one attached hydrogen (secondary N) is 1. The summed E-state index contributed by atoms with van der Waals surface area (Å²) in [7, 11) is 1.62. The first-order chi connectivity index (χ1) is 13.3. The topological polar surface area (TPSA) is 104 Å². The summed E-state index contributed by atoms with van der Waals surface area (Å²) in [5.74, 6) is -0.307. The Bertz CT molecular complexity index is 851. The molecule has 9 nitrogen and oxygen atoms in total. The van der Waals surface area contributed by atoms with E-state index in [1.165, 1.54) is 11.3 Å². The molecule has 0 saturated heterocycles. The predicted octanol–water partition coefficient (Wildman–Crippen LogP) is 1.39. The van der Waals surface area contributed by atoms with Crippen molar-refractivity contribution in [3.63, 3.8) is 0 Å². The van der Waals surface area contributed by atoms with Crippen LogP contribution in [0.25, 0.3) is 10.6 Å². The van der Waals surface area contributed by atoms with Gasteiger partial charge in [-0.25, -0.2) is 4.68 Å². The molecule has 3 aromatic rings. The zero-order valence-electron chi connectivity index (χ0n) is 14.9. The first kappa shape index (κ1) is 19.1.